The van der Waals surface area contributed by atoms with Crippen LogP contribution in [0.1, 0.15) is 44.9 Å². The maximum atomic E-state index is 11.7. The lowest BCUT2D eigenvalue weighted by Crippen LogP contribution is -2.20. The normalized spacial score (nSPS) is 10.8. The molecule has 0 saturated heterocycles. The molecule has 18 heavy (non-hydrogen) atoms. The van der Waals surface area contributed by atoms with Crippen LogP contribution in [0.4, 0.5) is 0 Å². The number of hydrogen-bond acceptors (Lipinski definition) is 2. The molecule has 0 aliphatic carbocycles. The van der Waals surface area contributed by atoms with Crippen molar-refractivity contribution in [1.29, 1.82) is 0 Å². The second kappa shape index (κ2) is 9.73. The lowest BCUT2D eigenvalue weighted by Gasteiger charge is -2.05. The lowest BCUT2D eigenvalue weighted by atomic mass is 10.1. The van der Waals surface area contributed by atoms with Crippen molar-refractivity contribution in [2.45, 2.75) is 51.5 Å². The van der Waals surface area contributed by atoms with E-state index < -0.39 is 0 Å². The second-order valence-electron chi connectivity index (χ2n) is 4.40. The van der Waals surface area contributed by atoms with Crippen LogP contribution in [0, 0.1) is 0 Å². The Morgan fingerprint density at radius 2 is 1.67 bits per heavy atom. The fourth-order valence-electron chi connectivity index (χ4n) is 1.84. The van der Waals surface area contributed by atoms with Crippen LogP contribution in [0.2, 0.25) is 0 Å². The van der Waals surface area contributed by atoms with Gasteiger partial charge >= 0.3 is 0 Å². The molecule has 1 aromatic rings. The van der Waals surface area contributed by atoms with E-state index in [0.717, 1.165) is 18.3 Å². The van der Waals surface area contributed by atoms with E-state index in [9.17, 15) is 4.79 Å². The van der Waals surface area contributed by atoms with E-state index in [2.05, 4.69) is 36.8 Å². The molecule has 0 saturated carbocycles. The molecule has 1 aromatic heterocycles. The number of alkyl halides is 1. The number of aromatic nitrogens is 2. The van der Waals surface area contributed by atoms with Crippen molar-refractivity contribution in [1.82, 2.24) is 9.55 Å². The summed E-state index contributed by atoms with van der Waals surface area (Å²) >= 11 is 6.64. The number of hydrogen-bond donors (Lipinski definition) is 0. The summed E-state index contributed by atoms with van der Waals surface area (Å²) in [5.74, 6) is 0. The van der Waals surface area contributed by atoms with Gasteiger partial charge < -0.3 is 0 Å². The molecule has 0 amide bonds. The van der Waals surface area contributed by atoms with Gasteiger partial charge in [0.1, 0.15) is 4.47 Å². The number of unbranched alkanes of at least 4 members (excludes halogenated alkanes) is 6. The Hall–Kier alpha value is -0.160. The predicted octanol–water partition coefficient (Wildman–Crippen LogP) is 4.13. The molecule has 0 bridgehead atoms. The van der Waals surface area contributed by atoms with Crippen molar-refractivity contribution in [3.63, 3.8) is 0 Å². The predicted molar refractivity (Wildman–Crippen MR) is 82.3 cm³/mol. The van der Waals surface area contributed by atoms with E-state index in [-0.39, 0.29) is 5.56 Å². The Bertz CT molecular complexity index is 393. The summed E-state index contributed by atoms with van der Waals surface area (Å²) < 4.78 is 2.22. The molecule has 0 unspecified atom stereocenters. The van der Waals surface area contributed by atoms with E-state index in [1.807, 2.05) is 0 Å². The van der Waals surface area contributed by atoms with Gasteiger partial charge in [0.15, 0.2) is 0 Å². The molecule has 102 valence electrons. The molecular formula is C13H20Br2N2O. The van der Waals surface area contributed by atoms with Crippen molar-refractivity contribution in [2.24, 2.45) is 0 Å². The van der Waals surface area contributed by atoms with Crippen LogP contribution in [0.25, 0.3) is 0 Å². The van der Waals surface area contributed by atoms with Gasteiger partial charge in [0.2, 0.25) is 0 Å². The van der Waals surface area contributed by atoms with Crippen LogP contribution in [0.15, 0.2) is 21.8 Å². The van der Waals surface area contributed by atoms with Crippen LogP contribution in [0.5, 0.6) is 0 Å². The minimum Gasteiger partial charge on any atom is -0.298 e. The fourth-order valence-corrected chi connectivity index (χ4v) is 2.59. The first-order valence-electron chi connectivity index (χ1n) is 6.51. The Morgan fingerprint density at radius 1 is 1.06 bits per heavy atom. The molecule has 0 aliphatic rings. The van der Waals surface area contributed by atoms with E-state index in [1.165, 1.54) is 38.5 Å². The zero-order chi connectivity index (χ0) is 13.2. The van der Waals surface area contributed by atoms with Crippen molar-refractivity contribution in [3.8, 4) is 0 Å². The Kier molecular flexibility index (Phi) is 8.59. The van der Waals surface area contributed by atoms with E-state index in [1.54, 1.807) is 17.1 Å². The largest absolute Gasteiger partial charge is 0.298 e. The van der Waals surface area contributed by atoms with Gasteiger partial charge in [-0.2, -0.15) is 0 Å². The molecule has 1 heterocycles. The van der Waals surface area contributed by atoms with Crippen molar-refractivity contribution < 1.29 is 0 Å². The molecule has 5 heteroatoms. The smallest absolute Gasteiger partial charge is 0.267 e. The minimum absolute atomic E-state index is 0.0160. The quantitative estimate of drug-likeness (QED) is 0.477. The molecule has 0 radical (unpaired) electrons. The molecule has 0 aliphatic heterocycles. The third-order valence-electron chi connectivity index (χ3n) is 2.89. The number of halogens is 2. The first kappa shape index (κ1) is 15.9. The molecule has 0 N–H and O–H groups in total. The Labute approximate surface area is 125 Å². The van der Waals surface area contributed by atoms with Gasteiger partial charge in [0, 0.05) is 18.1 Å². The number of rotatable bonds is 9. The summed E-state index contributed by atoms with van der Waals surface area (Å²) in [6, 6.07) is 0. The highest BCUT2D eigenvalue weighted by Gasteiger charge is 2.00. The minimum atomic E-state index is 0.0160. The Balaban J connectivity index is 2.11. The second-order valence-corrected chi connectivity index (χ2v) is 6.05. The van der Waals surface area contributed by atoms with Crippen molar-refractivity contribution in [3.05, 3.63) is 27.4 Å². The van der Waals surface area contributed by atoms with Gasteiger partial charge in [0.05, 0.1) is 6.33 Å². The van der Waals surface area contributed by atoms with Gasteiger partial charge in [-0.3, -0.25) is 9.36 Å². The standard InChI is InChI=1S/C13H20Br2N2O/c14-8-6-4-2-1-3-5-7-9-17-11-16-10-12(15)13(17)18/h10-11H,1-9H2. The van der Waals surface area contributed by atoms with Gasteiger partial charge in [-0.05, 0) is 28.8 Å². The first-order chi connectivity index (χ1) is 8.75. The molecule has 0 aromatic carbocycles. The van der Waals surface area contributed by atoms with Crippen LogP contribution >= 0.6 is 31.9 Å². The van der Waals surface area contributed by atoms with Crippen LogP contribution < -0.4 is 5.56 Å². The number of aryl methyl sites for hydroxylation is 1. The maximum absolute atomic E-state index is 11.7. The topological polar surface area (TPSA) is 34.9 Å². The zero-order valence-corrected chi connectivity index (χ0v) is 13.7. The van der Waals surface area contributed by atoms with Crippen LogP contribution in [-0.4, -0.2) is 14.9 Å². The summed E-state index contributed by atoms with van der Waals surface area (Å²) in [7, 11) is 0. The van der Waals surface area contributed by atoms with Crippen molar-refractivity contribution in [2.75, 3.05) is 5.33 Å². The third-order valence-corrected chi connectivity index (χ3v) is 4.00. The molecular weight excluding hydrogens is 360 g/mol. The van der Waals surface area contributed by atoms with Crippen LogP contribution in [0.3, 0.4) is 0 Å². The van der Waals surface area contributed by atoms with Gasteiger partial charge in [-0.15, -0.1) is 0 Å². The maximum Gasteiger partial charge on any atom is 0.267 e. The summed E-state index contributed by atoms with van der Waals surface area (Å²) in [5, 5.41) is 1.12. The van der Waals surface area contributed by atoms with E-state index in [4.69, 9.17) is 0 Å². The average Bonchev–Trinajstić information content (AvgIpc) is 2.37. The highest BCUT2D eigenvalue weighted by atomic mass is 79.9. The number of nitrogens with zero attached hydrogens (tertiary/aromatic N) is 2. The lowest BCUT2D eigenvalue weighted by molar-refractivity contribution is 0.538. The zero-order valence-electron chi connectivity index (χ0n) is 10.6. The highest BCUT2D eigenvalue weighted by molar-refractivity contribution is 9.10. The first-order valence-corrected chi connectivity index (χ1v) is 8.43. The summed E-state index contributed by atoms with van der Waals surface area (Å²) in [4.78, 5) is 15.7. The van der Waals surface area contributed by atoms with E-state index in [0.29, 0.717) is 4.47 Å². The van der Waals surface area contributed by atoms with Gasteiger partial charge in [-0.1, -0.05) is 48.0 Å². The fraction of sp³-hybridized carbons (Fsp3) is 0.692. The molecule has 0 atom stereocenters. The highest BCUT2D eigenvalue weighted by Crippen LogP contribution is 2.08. The third kappa shape index (κ3) is 6.14. The SMILES string of the molecule is O=c1c(Br)cncn1CCCCCCCCCBr. The van der Waals surface area contributed by atoms with Gasteiger partial charge in [0.25, 0.3) is 5.56 Å². The summed E-state index contributed by atoms with van der Waals surface area (Å²) in [6.45, 7) is 0.771. The van der Waals surface area contributed by atoms with Gasteiger partial charge in [-0.25, -0.2) is 4.98 Å². The monoisotopic (exact) mass is 378 g/mol. The molecule has 0 fully saturated rings. The molecule has 1 rings (SSSR count). The average molecular weight is 380 g/mol. The molecule has 0 spiro atoms. The summed E-state index contributed by atoms with van der Waals surface area (Å²) in [5.41, 5.74) is 0.0160. The van der Waals surface area contributed by atoms with E-state index >= 15 is 0 Å². The summed E-state index contributed by atoms with van der Waals surface area (Å²) in [6.07, 6.45) is 11.9. The van der Waals surface area contributed by atoms with Crippen molar-refractivity contribution >= 4 is 31.9 Å². The molecule has 3 nitrogen and oxygen atoms in total. The Morgan fingerprint density at radius 3 is 2.33 bits per heavy atom. The van der Waals surface area contributed by atoms with Crippen LogP contribution in [-0.2, 0) is 6.54 Å².